The summed E-state index contributed by atoms with van der Waals surface area (Å²) in [6.45, 7) is 4.20. The molecule has 7 heteroatoms. The predicted octanol–water partition coefficient (Wildman–Crippen LogP) is 3.04. The highest BCUT2D eigenvalue weighted by molar-refractivity contribution is 7.09. The molecule has 0 saturated carbocycles. The normalized spacial score (nSPS) is 10.7. The first-order valence-corrected chi connectivity index (χ1v) is 9.39. The lowest BCUT2D eigenvalue weighted by molar-refractivity contribution is -0.136. The van der Waals surface area contributed by atoms with E-state index in [2.05, 4.69) is 4.98 Å². The van der Waals surface area contributed by atoms with Crippen LogP contribution in [0.1, 0.15) is 22.7 Å². The third kappa shape index (κ3) is 6.40. The van der Waals surface area contributed by atoms with E-state index in [0.29, 0.717) is 26.3 Å². The van der Waals surface area contributed by atoms with Crippen LogP contribution in [0.3, 0.4) is 0 Å². The maximum absolute atomic E-state index is 12.2. The minimum absolute atomic E-state index is 0.0469. The minimum atomic E-state index is -0.0469. The molecule has 0 spiro atoms. The first-order valence-electron chi connectivity index (χ1n) is 8.51. The monoisotopic (exact) mass is 378 g/mol. The molecular formula is C19H26N2O4S. The number of benzene rings is 1. The summed E-state index contributed by atoms with van der Waals surface area (Å²) in [5, 5.41) is 2.86. The summed E-state index contributed by atoms with van der Waals surface area (Å²) in [5.74, 6) is 0.815. The average Bonchev–Trinajstić information content (AvgIpc) is 3.08. The number of amides is 1. The van der Waals surface area contributed by atoms with Crippen LogP contribution in [0.5, 0.6) is 5.75 Å². The van der Waals surface area contributed by atoms with E-state index in [1.54, 1.807) is 23.3 Å². The number of aryl methyl sites for hydroxylation is 1. The number of rotatable bonds is 11. The maximum atomic E-state index is 12.2. The topological polar surface area (TPSA) is 60.9 Å². The molecule has 2 rings (SSSR count). The quantitative estimate of drug-likeness (QED) is 0.563. The number of ether oxygens (including phenoxy) is 3. The van der Waals surface area contributed by atoms with Gasteiger partial charge in [0.2, 0.25) is 5.91 Å². The second-order valence-electron chi connectivity index (χ2n) is 5.88. The number of hydrogen-bond donors (Lipinski definition) is 0. The fourth-order valence-electron chi connectivity index (χ4n) is 2.45. The molecule has 0 aliphatic carbocycles. The zero-order valence-corrected chi connectivity index (χ0v) is 16.4. The van der Waals surface area contributed by atoms with Crippen LogP contribution in [-0.4, -0.2) is 49.8 Å². The van der Waals surface area contributed by atoms with Crippen molar-refractivity contribution in [3.05, 3.63) is 45.9 Å². The standard InChI is InChI=1S/C19H26N2O4S/c1-15-7-4-5-8-17(15)25-12-18-20-16(14-26-18)11-21(9-6-10-23-2)19(22)13-24-3/h4-5,7-8,14H,6,9-13H2,1-3H3. The lowest BCUT2D eigenvalue weighted by Gasteiger charge is -2.21. The Morgan fingerprint density at radius 1 is 1.23 bits per heavy atom. The summed E-state index contributed by atoms with van der Waals surface area (Å²) in [5.41, 5.74) is 1.96. The first kappa shape index (κ1) is 20.4. The van der Waals surface area contributed by atoms with Gasteiger partial charge in [-0.2, -0.15) is 0 Å². The Hall–Kier alpha value is -1.96. The van der Waals surface area contributed by atoms with E-state index in [9.17, 15) is 4.79 Å². The van der Waals surface area contributed by atoms with Crippen molar-refractivity contribution < 1.29 is 19.0 Å². The smallest absolute Gasteiger partial charge is 0.248 e. The molecule has 1 heterocycles. The summed E-state index contributed by atoms with van der Waals surface area (Å²) in [6, 6.07) is 7.90. The maximum Gasteiger partial charge on any atom is 0.248 e. The molecule has 2 aromatic rings. The molecule has 26 heavy (non-hydrogen) atoms. The number of thiazole rings is 1. The zero-order chi connectivity index (χ0) is 18.8. The van der Waals surface area contributed by atoms with Crippen LogP contribution in [0, 0.1) is 6.92 Å². The molecular weight excluding hydrogens is 352 g/mol. The molecule has 0 atom stereocenters. The first-order chi connectivity index (χ1) is 12.6. The number of nitrogens with zero attached hydrogens (tertiary/aromatic N) is 2. The highest BCUT2D eigenvalue weighted by Crippen LogP contribution is 2.19. The average molecular weight is 378 g/mol. The molecule has 1 aromatic heterocycles. The summed E-state index contributed by atoms with van der Waals surface area (Å²) in [7, 11) is 3.18. The van der Waals surface area contributed by atoms with Crippen LogP contribution in [0.25, 0.3) is 0 Å². The van der Waals surface area contributed by atoms with Crippen molar-refractivity contribution in [2.75, 3.05) is 34.0 Å². The molecule has 6 nitrogen and oxygen atoms in total. The van der Waals surface area contributed by atoms with Crippen molar-refractivity contribution >= 4 is 17.2 Å². The molecule has 0 bridgehead atoms. The van der Waals surface area contributed by atoms with E-state index in [-0.39, 0.29) is 12.5 Å². The van der Waals surface area contributed by atoms with Crippen LogP contribution >= 0.6 is 11.3 Å². The van der Waals surface area contributed by atoms with E-state index < -0.39 is 0 Å². The molecule has 0 saturated heterocycles. The van der Waals surface area contributed by atoms with Gasteiger partial charge in [0.15, 0.2) is 0 Å². The number of carbonyl (C=O) groups excluding carboxylic acids is 1. The van der Waals surface area contributed by atoms with Crippen LogP contribution in [0.2, 0.25) is 0 Å². The highest BCUT2D eigenvalue weighted by Gasteiger charge is 2.15. The van der Waals surface area contributed by atoms with Gasteiger partial charge < -0.3 is 19.1 Å². The van der Waals surface area contributed by atoms with Crippen molar-refractivity contribution in [2.45, 2.75) is 26.5 Å². The number of hydrogen-bond acceptors (Lipinski definition) is 6. The molecule has 0 aliphatic heterocycles. The third-order valence-electron chi connectivity index (χ3n) is 3.79. The van der Waals surface area contributed by atoms with E-state index >= 15 is 0 Å². The van der Waals surface area contributed by atoms with Gasteiger partial charge in [-0.3, -0.25) is 4.79 Å². The number of aromatic nitrogens is 1. The Kier molecular flexibility index (Phi) is 8.53. The Labute approximate surface area is 158 Å². The molecule has 1 amide bonds. The SMILES string of the molecule is COCCCN(Cc1csc(COc2ccccc2C)n1)C(=O)COC. The summed E-state index contributed by atoms with van der Waals surface area (Å²) < 4.78 is 15.9. The highest BCUT2D eigenvalue weighted by atomic mass is 32.1. The zero-order valence-electron chi connectivity index (χ0n) is 15.6. The Balaban J connectivity index is 1.93. The van der Waals surface area contributed by atoms with E-state index in [0.717, 1.165) is 28.4 Å². The van der Waals surface area contributed by atoms with Crippen LogP contribution in [-0.2, 0) is 27.4 Å². The van der Waals surface area contributed by atoms with Gasteiger partial charge in [0.05, 0.1) is 12.2 Å². The molecule has 0 aliphatic rings. The lowest BCUT2D eigenvalue weighted by Crippen LogP contribution is -2.34. The third-order valence-corrected chi connectivity index (χ3v) is 4.67. The van der Waals surface area contributed by atoms with Gasteiger partial charge in [0.25, 0.3) is 0 Å². The van der Waals surface area contributed by atoms with Gasteiger partial charge in [0.1, 0.15) is 24.0 Å². The minimum Gasteiger partial charge on any atom is -0.486 e. The second-order valence-corrected chi connectivity index (χ2v) is 6.82. The lowest BCUT2D eigenvalue weighted by atomic mass is 10.2. The molecule has 0 N–H and O–H groups in total. The molecule has 1 aromatic carbocycles. The van der Waals surface area contributed by atoms with Gasteiger partial charge in [-0.15, -0.1) is 11.3 Å². The van der Waals surface area contributed by atoms with Gasteiger partial charge in [-0.1, -0.05) is 18.2 Å². The van der Waals surface area contributed by atoms with Crippen LogP contribution in [0.4, 0.5) is 0 Å². The van der Waals surface area contributed by atoms with Gasteiger partial charge in [-0.25, -0.2) is 4.98 Å². The van der Waals surface area contributed by atoms with Crippen LogP contribution in [0.15, 0.2) is 29.6 Å². The Bertz CT molecular complexity index is 690. The summed E-state index contributed by atoms with van der Waals surface area (Å²) >= 11 is 1.54. The number of para-hydroxylation sites is 1. The Morgan fingerprint density at radius 3 is 2.77 bits per heavy atom. The summed E-state index contributed by atoms with van der Waals surface area (Å²) in [4.78, 5) is 18.6. The van der Waals surface area contributed by atoms with Crippen LogP contribution < -0.4 is 4.74 Å². The van der Waals surface area contributed by atoms with Crippen molar-refractivity contribution in [1.82, 2.24) is 9.88 Å². The fraction of sp³-hybridized carbons (Fsp3) is 0.474. The van der Waals surface area contributed by atoms with Crippen molar-refractivity contribution in [1.29, 1.82) is 0 Å². The largest absolute Gasteiger partial charge is 0.486 e. The molecule has 0 fully saturated rings. The number of methoxy groups -OCH3 is 2. The predicted molar refractivity (Wildman–Crippen MR) is 101 cm³/mol. The fourth-order valence-corrected chi connectivity index (χ4v) is 3.14. The summed E-state index contributed by atoms with van der Waals surface area (Å²) in [6.07, 6.45) is 0.777. The number of carbonyl (C=O) groups is 1. The van der Waals surface area contributed by atoms with E-state index in [1.807, 2.05) is 36.6 Å². The van der Waals surface area contributed by atoms with Crippen molar-refractivity contribution in [3.8, 4) is 5.75 Å². The van der Waals surface area contributed by atoms with Gasteiger partial charge in [0, 0.05) is 32.8 Å². The van der Waals surface area contributed by atoms with Gasteiger partial charge in [-0.05, 0) is 25.0 Å². The van der Waals surface area contributed by atoms with Gasteiger partial charge >= 0.3 is 0 Å². The molecule has 0 radical (unpaired) electrons. The molecule has 142 valence electrons. The Morgan fingerprint density at radius 2 is 2.04 bits per heavy atom. The molecule has 0 unspecified atom stereocenters. The van der Waals surface area contributed by atoms with Crippen molar-refractivity contribution in [2.24, 2.45) is 0 Å². The van der Waals surface area contributed by atoms with Crippen molar-refractivity contribution in [3.63, 3.8) is 0 Å². The van der Waals surface area contributed by atoms with E-state index in [4.69, 9.17) is 14.2 Å². The second kappa shape index (κ2) is 10.9. The van der Waals surface area contributed by atoms with E-state index in [1.165, 1.54) is 7.11 Å².